The summed E-state index contributed by atoms with van der Waals surface area (Å²) in [5.41, 5.74) is 2.37. The van der Waals surface area contributed by atoms with Gasteiger partial charge in [0.05, 0.1) is 5.54 Å². The summed E-state index contributed by atoms with van der Waals surface area (Å²) < 4.78 is 0. The van der Waals surface area contributed by atoms with E-state index in [0.717, 1.165) is 29.2 Å². The molecule has 6 rings (SSSR count). The van der Waals surface area contributed by atoms with Crippen LogP contribution in [-0.4, -0.2) is 39.5 Å². The van der Waals surface area contributed by atoms with Gasteiger partial charge in [-0.15, -0.1) is 12.4 Å². The molecule has 1 aromatic rings. The van der Waals surface area contributed by atoms with Crippen LogP contribution >= 0.6 is 24.2 Å². The number of aryl methyl sites for hydroxylation is 1. The number of hydrogen-bond acceptors (Lipinski definition) is 3. The highest BCUT2D eigenvalue weighted by Crippen LogP contribution is 2.57. The van der Waals surface area contributed by atoms with E-state index >= 15 is 0 Å². The molecular weight excluding hydrogens is 426 g/mol. The van der Waals surface area contributed by atoms with E-state index in [1.54, 1.807) is 6.92 Å². The zero-order valence-corrected chi connectivity index (χ0v) is 20.8. The van der Waals surface area contributed by atoms with Crippen LogP contribution in [0.15, 0.2) is 29.3 Å². The fraction of sp³-hybridized carbons (Fsp3) is 0.680. The van der Waals surface area contributed by atoms with E-state index in [1.807, 2.05) is 16.7 Å². The van der Waals surface area contributed by atoms with Gasteiger partial charge in [0.1, 0.15) is 6.17 Å². The Bertz CT molecular complexity index is 818. The highest BCUT2D eigenvalue weighted by molar-refractivity contribution is 8.14. The van der Waals surface area contributed by atoms with E-state index in [-0.39, 0.29) is 30.0 Å². The number of benzene rings is 1. The van der Waals surface area contributed by atoms with Gasteiger partial charge in [-0.1, -0.05) is 29.5 Å². The number of thioether (sulfide) groups is 1. The molecule has 1 unspecified atom stereocenters. The van der Waals surface area contributed by atoms with Crippen molar-refractivity contribution < 1.29 is 4.79 Å². The van der Waals surface area contributed by atoms with Crippen LogP contribution in [0.3, 0.4) is 0 Å². The molecule has 0 aromatic heterocycles. The molecule has 1 saturated heterocycles. The lowest BCUT2D eigenvalue weighted by atomic mass is 9.53. The summed E-state index contributed by atoms with van der Waals surface area (Å²) in [5.74, 6) is 3.69. The second kappa shape index (κ2) is 8.62. The minimum absolute atomic E-state index is 0. The fourth-order valence-corrected chi connectivity index (χ4v) is 8.31. The third-order valence-electron chi connectivity index (χ3n) is 7.75. The monoisotopic (exact) mass is 461 g/mol. The number of halogens is 1. The molecule has 1 aromatic carbocycles. The SMILES string of the molecule is CC(=O)N(c1ccc(C)cc1)C1CSC(=NC23CC4CC(CC(C4)C2)C3)N1C(C)C.Cl. The highest BCUT2D eigenvalue weighted by atomic mass is 35.5. The molecule has 4 bridgehead atoms. The summed E-state index contributed by atoms with van der Waals surface area (Å²) in [7, 11) is 0. The van der Waals surface area contributed by atoms with E-state index in [1.165, 1.54) is 49.3 Å². The number of hydrogen-bond donors (Lipinski definition) is 0. The van der Waals surface area contributed by atoms with Gasteiger partial charge in [0.2, 0.25) is 5.91 Å². The Morgan fingerprint density at radius 3 is 2.13 bits per heavy atom. The number of rotatable bonds is 4. The summed E-state index contributed by atoms with van der Waals surface area (Å²) in [6, 6.07) is 8.65. The molecule has 5 aliphatic rings. The Morgan fingerprint density at radius 1 is 1.10 bits per heavy atom. The molecular formula is C25H36ClN3OS. The number of amides is 1. The van der Waals surface area contributed by atoms with Gasteiger partial charge in [0.25, 0.3) is 0 Å². The van der Waals surface area contributed by atoms with Crippen LogP contribution in [0.25, 0.3) is 0 Å². The number of aliphatic imine (C=N–C) groups is 1. The zero-order valence-electron chi connectivity index (χ0n) is 19.2. The number of anilines is 1. The van der Waals surface area contributed by atoms with Gasteiger partial charge >= 0.3 is 0 Å². The maximum atomic E-state index is 12.8. The largest absolute Gasteiger partial charge is 0.327 e. The van der Waals surface area contributed by atoms with Crippen molar-refractivity contribution in [1.29, 1.82) is 0 Å². The number of amidine groups is 1. The summed E-state index contributed by atoms with van der Waals surface area (Å²) in [6.07, 6.45) is 8.22. The summed E-state index contributed by atoms with van der Waals surface area (Å²) in [6.45, 7) is 8.25. The second-order valence-corrected chi connectivity index (χ2v) is 11.5. The van der Waals surface area contributed by atoms with E-state index in [2.05, 4.69) is 49.9 Å². The molecule has 170 valence electrons. The summed E-state index contributed by atoms with van der Waals surface area (Å²) in [5, 5.41) is 1.18. The van der Waals surface area contributed by atoms with Crippen molar-refractivity contribution in [3.63, 3.8) is 0 Å². The molecule has 0 spiro atoms. The Kier molecular flexibility index (Phi) is 6.39. The number of nitrogens with zero attached hydrogens (tertiary/aromatic N) is 3. The maximum Gasteiger partial charge on any atom is 0.225 e. The van der Waals surface area contributed by atoms with Crippen LogP contribution in [0.5, 0.6) is 0 Å². The molecule has 0 radical (unpaired) electrons. The van der Waals surface area contributed by atoms with Crippen molar-refractivity contribution in [3.05, 3.63) is 29.8 Å². The van der Waals surface area contributed by atoms with Gasteiger partial charge in [-0.3, -0.25) is 14.7 Å². The molecule has 4 nitrogen and oxygen atoms in total. The van der Waals surface area contributed by atoms with E-state index in [9.17, 15) is 4.79 Å². The third kappa shape index (κ3) is 4.25. The molecule has 4 saturated carbocycles. The van der Waals surface area contributed by atoms with Gasteiger partial charge in [-0.05, 0) is 89.2 Å². The first-order valence-electron chi connectivity index (χ1n) is 11.7. The van der Waals surface area contributed by atoms with Crippen LogP contribution < -0.4 is 4.90 Å². The quantitative estimate of drug-likeness (QED) is 0.561. The fourth-order valence-electron chi connectivity index (χ4n) is 6.96. The van der Waals surface area contributed by atoms with Crippen LogP contribution in [-0.2, 0) is 4.79 Å². The predicted molar refractivity (Wildman–Crippen MR) is 133 cm³/mol. The van der Waals surface area contributed by atoms with Gasteiger partial charge in [-0.2, -0.15) is 0 Å². The zero-order chi connectivity index (χ0) is 21.0. The Hall–Kier alpha value is -1.20. The lowest BCUT2D eigenvalue weighted by Crippen LogP contribution is -2.54. The van der Waals surface area contributed by atoms with E-state index in [4.69, 9.17) is 4.99 Å². The minimum atomic E-state index is 0. The van der Waals surface area contributed by atoms with Crippen molar-refractivity contribution in [1.82, 2.24) is 4.90 Å². The Labute approximate surface area is 197 Å². The third-order valence-corrected chi connectivity index (χ3v) is 8.77. The predicted octanol–water partition coefficient (Wildman–Crippen LogP) is 5.88. The molecule has 5 fully saturated rings. The summed E-state index contributed by atoms with van der Waals surface area (Å²) in [4.78, 5) is 22.7. The molecule has 1 amide bonds. The van der Waals surface area contributed by atoms with Gasteiger partial charge in [-0.25, -0.2) is 0 Å². The van der Waals surface area contributed by atoms with Crippen molar-refractivity contribution in [2.24, 2.45) is 22.7 Å². The van der Waals surface area contributed by atoms with Gasteiger partial charge in [0.15, 0.2) is 5.17 Å². The van der Waals surface area contributed by atoms with Crippen LogP contribution in [0, 0.1) is 24.7 Å². The second-order valence-electron chi connectivity index (χ2n) is 10.6. The standard InChI is InChI=1S/C25H35N3OS.ClH/c1-16(2)27-23(28(18(4)29)22-7-5-17(3)6-8-22)15-30-24(27)26-25-12-19-9-20(13-25)11-21(10-19)14-25;/h5-8,16,19-21,23H,9-15H2,1-4H3;1H. The normalized spacial score (nSPS) is 35.0. The molecule has 31 heavy (non-hydrogen) atoms. The number of carbonyl (C=O) groups excluding carboxylic acids is 1. The first-order valence-corrected chi connectivity index (χ1v) is 12.7. The van der Waals surface area contributed by atoms with Crippen LogP contribution in [0.1, 0.15) is 64.9 Å². The summed E-state index contributed by atoms with van der Waals surface area (Å²) >= 11 is 1.86. The lowest BCUT2D eigenvalue weighted by Gasteiger charge is -2.55. The first-order chi connectivity index (χ1) is 14.3. The van der Waals surface area contributed by atoms with Gasteiger partial charge in [0, 0.05) is 24.4 Å². The molecule has 1 heterocycles. The van der Waals surface area contributed by atoms with E-state index in [0.29, 0.717) is 6.04 Å². The minimum Gasteiger partial charge on any atom is -0.327 e. The number of carbonyl (C=O) groups is 1. The van der Waals surface area contributed by atoms with Crippen LogP contribution in [0.4, 0.5) is 5.69 Å². The highest BCUT2D eigenvalue weighted by Gasteiger charge is 2.52. The average Bonchev–Trinajstić information content (AvgIpc) is 3.04. The van der Waals surface area contributed by atoms with E-state index < -0.39 is 0 Å². The molecule has 1 atom stereocenters. The first kappa shape index (κ1) is 23.0. The van der Waals surface area contributed by atoms with Crippen molar-refractivity contribution >= 4 is 40.9 Å². The smallest absolute Gasteiger partial charge is 0.225 e. The Balaban J connectivity index is 0.00000231. The van der Waals surface area contributed by atoms with Crippen LogP contribution in [0.2, 0.25) is 0 Å². The Morgan fingerprint density at radius 2 is 1.65 bits per heavy atom. The van der Waals surface area contributed by atoms with Crippen molar-refractivity contribution in [2.45, 2.75) is 84.0 Å². The van der Waals surface area contributed by atoms with Crippen molar-refractivity contribution in [2.75, 3.05) is 10.7 Å². The topological polar surface area (TPSA) is 35.9 Å². The molecule has 0 N–H and O–H groups in total. The average molecular weight is 462 g/mol. The lowest BCUT2D eigenvalue weighted by molar-refractivity contribution is -0.117. The molecule has 6 heteroatoms. The molecule has 1 aliphatic heterocycles. The molecule has 4 aliphatic carbocycles. The maximum absolute atomic E-state index is 12.8. The van der Waals surface area contributed by atoms with Gasteiger partial charge < -0.3 is 4.90 Å². The van der Waals surface area contributed by atoms with Crippen molar-refractivity contribution in [3.8, 4) is 0 Å².